The number of ether oxygens (including phenoxy) is 1. The first kappa shape index (κ1) is 13.9. The molecule has 104 valence electrons. The molecule has 1 aromatic rings. The molecule has 2 rings (SSSR count). The van der Waals surface area contributed by atoms with Crippen LogP contribution >= 0.6 is 0 Å². The van der Waals surface area contributed by atoms with Gasteiger partial charge in [-0.15, -0.1) is 0 Å². The fraction of sp³-hybridized carbons (Fsp3) is 0.533. The summed E-state index contributed by atoms with van der Waals surface area (Å²) in [5.41, 5.74) is 7.48. The zero-order valence-corrected chi connectivity index (χ0v) is 11.3. The predicted octanol–water partition coefficient (Wildman–Crippen LogP) is 2.48. The van der Waals surface area contributed by atoms with E-state index >= 15 is 0 Å². The number of nitrogens with two attached hydrogens (primary N) is 1. The quantitative estimate of drug-likeness (QED) is 0.856. The summed E-state index contributed by atoms with van der Waals surface area (Å²) in [7, 11) is 1.66. The largest absolute Gasteiger partial charge is 0.496 e. The molecule has 1 aromatic carbocycles. The highest BCUT2D eigenvalue weighted by molar-refractivity contribution is 5.76. The minimum atomic E-state index is -0.870. The highest BCUT2D eigenvalue weighted by Crippen LogP contribution is 2.39. The maximum Gasteiger partial charge on any atom is 0.312 e. The van der Waals surface area contributed by atoms with Crippen LogP contribution in [0.15, 0.2) is 18.2 Å². The SMILES string of the molecule is COc1ccc(C(CN)C(=O)O)cc1C1CCCC1. The van der Waals surface area contributed by atoms with Crippen molar-refractivity contribution in [1.29, 1.82) is 0 Å². The van der Waals surface area contributed by atoms with Crippen molar-refractivity contribution in [3.05, 3.63) is 29.3 Å². The van der Waals surface area contributed by atoms with Crippen molar-refractivity contribution in [2.45, 2.75) is 37.5 Å². The second kappa shape index (κ2) is 6.06. The summed E-state index contributed by atoms with van der Waals surface area (Å²) >= 11 is 0. The average molecular weight is 263 g/mol. The van der Waals surface area contributed by atoms with Gasteiger partial charge in [-0.2, -0.15) is 0 Å². The van der Waals surface area contributed by atoms with Crippen LogP contribution in [0.2, 0.25) is 0 Å². The van der Waals surface area contributed by atoms with E-state index in [4.69, 9.17) is 10.5 Å². The summed E-state index contributed by atoms with van der Waals surface area (Å²) in [5, 5.41) is 9.20. The summed E-state index contributed by atoms with van der Waals surface area (Å²) in [4.78, 5) is 11.2. The lowest BCUT2D eigenvalue weighted by Crippen LogP contribution is -2.21. The Balaban J connectivity index is 2.36. The molecule has 0 aliphatic heterocycles. The second-order valence-electron chi connectivity index (χ2n) is 5.11. The monoisotopic (exact) mass is 263 g/mol. The standard InChI is InChI=1S/C15H21NO3/c1-19-14-7-6-11(13(9-16)15(17)18)8-12(14)10-4-2-3-5-10/h6-8,10,13H,2-5,9,16H2,1H3,(H,17,18). The summed E-state index contributed by atoms with van der Waals surface area (Å²) in [5.74, 6) is -0.157. The Labute approximate surface area is 113 Å². The molecule has 1 unspecified atom stereocenters. The summed E-state index contributed by atoms with van der Waals surface area (Å²) in [6.07, 6.45) is 4.77. The van der Waals surface area contributed by atoms with Crippen molar-refractivity contribution in [3.8, 4) is 5.75 Å². The first-order valence-electron chi connectivity index (χ1n) is 6.78. The molecule has 1 saturated carbocycles. The molecule has 0 saturated heterocycles. The Kier molecular flexibility index (Phi) is 4.43. The first-order chi connectivity index (χ1) is 9.17. The van der Waals surface area contributed by atoms with Gasteiger partial charge >= 0.3 is 5.97 Å². The molecule has 0 aromatic heterocycles. The van der Waals surface area contributed by atoms with Crippen LogP contribution in [0.5, 0.6) is 5.75 Å². The zero-order chi connectivity index (χ0) is 13.8. The number of hydrogen-bond acceptors (Lipinski definition) is 3. The molecule has 4 nitrogen and oxygen atoms in total. The normalized spacial score (nSPS) is 17.4. The van der Waals surface area contributed by atoms with E-state index in [2.05, 4.69) is 0 Å². The number of aliphatic carboxylic acids is 1. The van der Waals surface area contributed by atoms with Crippen LogP contribution in [0.25, 0.3) is 0 Å². The number of hydrogen-bond donors (Lipinski definition) is 2. The van der Waals surface area contributed by atoms with Gasteiger partial charge in [-0.1, -0.05) is 25.0 Å². The summed E-state index contributed by atoms with van der Waals surface area (Å²) < 4.78 is 5.41. The maximum absolute atomic E-state index is 11.2. The predicted molar refractivity (Wildman–Crippen MR) is 73.6 cm³/mol. The van der Waals surface area contributed by atoms with Gasteiger partial charge in [0.05, 0.1) is 13.0 Å². The van der Waals surface area contributed by atoms with Gasteiger partial charge in [0.15, 0.2) is 0 Å². The van der Waals surface area contributed by atoms with Crippen LogP contribution in [0.1, 0.15) is 48.6 Å². The number of rotatable bonds is 5. The first-order valence-corrected chi connectivity index (χ1v) is 6.78. The Bertz CT molecular complexity index is 453. The lowest BCUT2D eigenvalue weighted by atomic mass is 9.90. The van der Waals surface area contributed by atoms with Gasteiger partial charge in [-0.25, -0.2) is 0 Å². The lowest BCUT2D eigenvalue weighted by Gasteiger charge is -2.18. The lowest BCUT2D eigenvalue weighted by molar-refractivity contribution is -0.138. The third kappa shape index (κ3) is 2.89. The second-order valence-corrected chi connectivity index (χ2v) is 5.11. The van der Waals surface area contributed by atoms with E-state index in [-0.39, 0.29) is 6.54 Å². The van der Waals surface area contributed by atoms with Crippen LogP contribution in [-0.2, 0) is 4.79 Å². The van der Waals surface area contributed by atoms with E-state index in [1.165, 1.54) is 12.8 Å². The molecule has 1 aliphatic rings. The summed E-state index contributed by atoms with van der Waals surface area (Å²) in [6, 6.07) is 5.65. The highest BCUT2D eigenvalue weighted by Gasteiger charge is 2.24. The van der Waals surface area contributed by atoms with Gasteiger partial charge in [-0.05, 0) is 36.0 Å². The third-order valence-electron chi connectivity index (χ3n) is 3.98. The van der Waals surface area contributed by atoms with E-state index < -0.39 is 11.9 Å². The Hall–Kier alpha value is -1.55. The van der Waals surface area contributed by atoms with E-state index in [0.717, 1.165) is 29.7 Å². The fourth-order valence-electron chi connectivity index (χ4n) is 2.90. The van der Waals surface area contributed by atoms with Crippen molar-refractivity contribution in [1.82, 2.24) is 0 Å². The van der Waals surface area contributed by atoms with Crippen molar-refractivity contribution >= 4 is 5.97 Å². The van der Waals surface area contributed by atoms with Gasteiger partial charge in [0.2, 0.25) is 0 Å². The molecule has 0 radical (unpaired) electrons. The maximum atomic E-state index is 11.2. The van der Waals surface area contributed by atoms with Crippen molar-refractivity contribution in [2.75, 3.05) is 13.7 Å². The Morgan fingerprint density at radius 3 is 2.68 bits per heavy atom. The number of methoxy groups -OCH3 is 1. The minimum absolute atomic E-state index is 0.117. The van der Waals surface area contributed by atoms with Crippen LogP contribution in [-0.4, -0.2) is 24.7 Å². The van der Waals surface area contributed by atoms with E-state index in [9.17, 15) is 9.90 Å². The molecule has 19 heavy (non-hydrogen) atoms. The molecule has 1 atom stereocenters. The van der Waals surface area contributed by atoms with E-state index in [1.807, 2.05) is 18.2 Å². The number of carbonyl (C=O) groups is 1. The van der Waals surface area contributed by atoms with Gasteiger partial charge in [0.1, 0.15) is 5.75 Å². The summed E-state index contributed by atoms with van der Waals surface area (Å²) in [6.45, 7) is 0.117. The van der Waals surface area contributed by atoms with Crippen LogP contribution in [0, 0.1) is 0 Å². The highest BCUT2D eigenvalue weighted by atomic mass is 16.5. The Morgan fingerprint density at radius 2 is 2.16 bits per heavy atom. The van der Waals surface area contributed by atoms with Gasteiger partial charge in [0, 0.05) is 6.54 Å². The molecular formula is C15H21NO3. The Morgan fingerprint density at radius 1 is 1.47 bits per heavy atom. The van der Waals surface area contributed by atoms with E-state index in [0.29, 0.717) is 5.92 Å². The fourth-order valence-corrected chi connectivity index (χ4v) is 2.90. The zero-order valence-electron chi connectivity index (χ0n) is 11.3. The third-order valence-corrected chi connectivity index (χ3v) is 3.98. The number of benzene rings is 1. The average Bonchev–Trinajstić information content (AvgIpc) is 2.92. The van der Waals surface area contributed by atoms with Crippen molar-refractivity contribution < 1.29 is 14.6 Å². The molecule has 0 amide bonds. The smallest absolute Gasteiger partial charge is 0.312 e. The van der Waals surface area contributed by atoms with Crippen molar-refractivity contribution in [2.24, 2.45) is 5.73 Å². The minimum Gasteiger partial charge on any atom is -0.496 e. The molecular weight excluding hydrogens is 242 g/mol. The van der Waals surface area contributed by atoms with E-state index in [1.54, 1.807) is 7.11 Å². The van der Waals surface area contributed by atoms with Crippen LogP contribution in [0.4, 0.5) is 0 Å². The number of carboxylic acid groups (broad SMARTS) is 1. The molecule has 0 bridgehead atoms. The van der Waals surface area contributed by atoms with Gasteiger partial charge in [-0.3, -0.25) is 4.79 Å². The van der Waals surface area contributed by atoms with Crippen LogP contribution in [0.3, 0.4) is 0 Å². The molecule has 4 heteroatoms. The molecule has 1 fully saturated rings. The molecule has 0 heterocycles. The van der Waals surface area contributed by atoms with Gasteiger partial charge in [0.25, 0.3) is 0 Å². The topological polar surface area (TPSA) is 72.5 Å². The van der Waals surface area contributed by atoms with Crippen LogP contribution < -0.4 is 10.5 Å². The molecule has 3 N–H and O–H groups in total. The molecule has 1 aliphatic carbocycles. The number of carboxylic acids is 1. The van der Waals surface area contributed by atoms with Crippen molar-refractivity contribution in [3.63, 3.8) is 0 Å². The molecule has 0 spiro atoms. The van der Waals surface area contributed by atoms with Gasteiger partial charge < -0.3 is 15.6 Å².